The third kappa shape index (κ3) is 3.13. The molecule has 29 heavy (non-hydrogen) atoms. The Bertz CT molecular complexity index is 1070. The molecule has 1 aliphatic heterocycles. The number of benzene rings is 3. The van der Waals surface area contributed by atoms with Crippen molar-refractivity contribution in [3.05, 3.63) is 90.0 Å². The molecular weight excluding hydrogens is 368 g/mol. The van der Waals surface area contributed by atoms with Crippen LogP contribution in [0.1, 0.15) is 11.1 Å². The number of hydrogen-bond acceptors (Lipinski definition) is 4. The highest BCUT2D eigenvalue weighted by atomic mass is 16.5. The summed E-state index contributed by atoms with van der Waals surface area (Å²) in [6, 6.07) is 22.8. The van der Waals surface area contributed by atoms with Crippen LogP contribution in [0.4, 0.5) is 11.4 Å². The van der Waals surface area contributed by atoms with E-state index in [9.17, 15) is 14.7 Å². The molecule has 3 aromatic carbocycles. The summed E-state index contributed by atoms with van der Waals surface area (Å²) in [4.78, 5) is 27.3. The molecule has 0 unspecified atom stereocenters. The first-order chi connectivity index (χ1) is 14.1. The van der Waals surface area contributed by atoms with Crippen LogP contribution in [0, 0.1) is 0 Å². The van der Waals surface area contributed by atoms with Crippen LogP contribution in [-0.2, 0) is 15.2 Å². The van der Waals surface area contributed by atoms with Gasteiger partial charge in [0.2, 0.25) is 5.91 Å². The van der Waals surface area contributed by atoms with Gasteiger partial charge in [0, 0.05) is 5.56 Å². The number of nitrogens with zero attached hydrogens (tertiary/aromatic N) is 1. The second-order valence-corrected chi connectivity index (χ2v) is 6.73. The fourth-order valence-electron chi connectivity index (χ4n) is 3.63. The van der Waals surface area contributed by atoms with Crippen LogP contribution >= 0.6 is 0 Å². The van der Waals surface area contributed by atoms with E-state index in [1.54, 1.807) is 72.8 Å². The van der Waals surface area contributed by atoms with Gasteiger partial charge in [0.15, 0.2) is 5.60 Å². The number of methoxy groups -OCH3 is 1. The van der Waals surface area contributed by atoms with Crippen molar-refractivity contribution in [1.29, 1.82) is 0 Å². The minimum Gasteiger partial charge on any atom is -0.495 e. The molecule has 0 radical (unpaired) electrons. The van der Waals surface area contributed by atoms with Crippen LogP contribution in [0.5, 0.6) is 5.75 Å². The van der Waals surface area contributed by atoms with E-state index in [0.717, 1.165) is 0 Å². The van der Waals surface area contributed by atoms with Crippen molar-refractivity contribution in [3.8, 4) is 5.75 Å². The molecule has 0 fully saturated rings. The lowest BCUT2D eigenvalue weighted by atomic mass is 9.88. The van der Waals surface area contributed by atoms with E-state index in [1.165, 1.54) is 12.0 Å². The molecule has 0 aliphatic carbocycles. The summed E-state index contributed by atoms with van der Waals surface area (Å²) in [6.07, 6.45) is 0. The summed E-state index contributed by atoms with van der Waals surface area (Å²) < 4.78 is 5.25. The maximum Gasteiger partial charge on any atom is 0.268 e. The molecule has 0 spiro atoms. The number of carbonyl (C=O) groups excluding carboxylic acids is 2. The molecule has 0 aromatic heterocycles. The van der Waals surface area contributed by atoms with Gasteiger partial charge in [-0.1, -0.05) is 60.7 Å². The number of hydrogen-bond donors (Lipinski definition) is 2. The minimum absolute atomic E-state index is 0.233. The number of nitrogens with one attached hydrogen (secondary N) is 1. The smallest absolute Gasteiger partial charge is 0.268 e. The average molecular weight is 388 g/mol. The summed E-state index contributed by atoms with van der Waals surface area (Å²) in [5.74, 6) is -0.426. The van der Waals surface area contributed by atoms with Crippen molar-refractivity contribution in [1.82, 2.24) is 0 Å². The number of fused-ring (bicyclic) bond motifs is 1. The van der Waals surface area contributed by atoms with Gasteiger partial charge in [0.1, 0.15) is 12.3 Å². The Morgan fingerprint density at radius 3 is 2.41 bits per heavy atom. The molecule has 6 heteroatoms. The molecule has 3 aromatic rings. The van der Waals surface area contributed by atoms with Crippen LogP contribution in [0.15, 0.2) is 78.9 Å². The van der Waals surface area contributed by atoms with E-state index in [4.69, 9.17) is 4.74 Å². The molecule has 146 valence electrons. The zero-order valence-corrected chi connectivity index (χ0v) is 15.8. The predicted molar refractivity (Wildman–Crippen MR) is 110 cm³/mol. The van der Waals surface area contributed by atoms with E-state index < -0.39 is 17.4 Å². The molecule has 0 bridgehead atoms. The normalized spacial score (nSPS) is 17.7. The van der Waals surface area contributed by atoms with Gasteiger partial charge in [0.25, 0.3) is 5.91 Å². The summed E-state index contributed by atoms with van der Waals surface area (Å²) in [5, 5.41) is 14.2. The van der Waals surface area contributed by atoms with Gasteiger partial charge in [-0.15, -0.1) is 0 Å². The van der Waals surface area contributed by atoms with Crippen molar-refractivity contribution >= 4 is 23.2 Å². The van der Waals surface area contributed by atoms with Crippen LogP contribution in [0.2, 0.25) is 0 Å². The zero-order valence-electron chi connectivity index (χ0n) is 15.8. The van der Waals surface area contributed by atoms with Gasteiger partial charge in [-0.25, -0.2) is 0 Å². The number of aliphatic hydroxyl groups is 1. The van der Waals surface area contributed by atoms with Gasteiger partial charge < -0.3 is 15.2 Å². The Balaban J connectivity index is 1.65. The van der Waals surface area contributed by atoms with Crippen molar-refractivity contribution in [2.75, 3.05) is 23.9 Å². The molecule has 6 nitrogen and oxygen atoms in total. The van der Waals surface area contributed by atoms with Crippen LogP contribution in [0.25, 0.3) is 0 Å². The fourth-order valence-corrected chi connectivity index (χ4v) is 3.63. The van der Waals surface area contributed by atoms with E-state index in [0.29, 0.717) is 28.3 Å². The lowest BCUT2D eigenvalue weighted by Gasteiger charge is -2.23. The lowest BCUT2D eigenvalue weighted by Crippen LogP contribution is -2.44. The maximum absolute atomic E-state index is 13.3. The summed E-state index contributed by atoms with van der Waals surface area (Å²) >= 11 is 0. The average Bonchev–Trinajstić information content (AvgIpc) is 2.98. The molecule has 1 aliphatic rings. The molecule has 2 amide bonds. The Morgan fingerprint density at radius 2 is 1.66 bits per heavy atom. The first-order valence-electron chi connectivity index (χ1n) is 9.18. The molecule has 0 saturated carbocycles. The SMILES string of the molecule is COc1ccccc1NC(=O)CN1C(=O)[C@@](O)(c2ccccc2)c2ccccc21. The van der Waals surface area contributed by atoms with Gasteiger partial charge in [0.05, 0.1) is 18.5 Å². The Morgan fingerprint density at radius 1 is 1.00 bits per heavy atom. The summed E-state index contributed by atoms with van der Waals surface area (Å²) in [5.41, 5.74) is 0.117. The number of carbonyl (C=O) groups is 2. The number of rotatable bonds is 5. The first-order valence-corrected chi connectivity index (χ1v) is 9.18. The van der Waals surface area contributed by atoms with E-state index in [1.807, 2.05) is 6.07 Å². The highest BCUT2D eigenvalue weighted by Gasteiger charge is 2.51. The number of anilines is 2. The molecule has 0 saturated heterocycles. The lowest BCUT2D eigenvalue weighted by molar-refractivity contribution is -0.133. The summed E-state index contributed by atoms with van der Waals surface area (Å²) in [7, 11) is 1.52. The quantitative estimate of drug-likeness (QED) is 0.704. The Kier molecular flexibility index (Phi) is 4.78. The third-order valence-corrected chi connectivity index (χ3v) is 5.01. The molecule has 2 N–H and O–H groups in total. The summed E-state index contributed by atoms with van der Waals surface area (Å²) in [6.45, 7) is -0.233. The van der Waals surface area contributed by atoms with Gasteiger partial charge in [-0.2, -0.15) is 0 Å². The van der Waals surface area contributed by atoms with Crippen molar-refractivity contribution in [2.24, 2.45) is 0 Å². The second kappa shape index (κ2) is 7.41. The molecule has 4 rings (SSSR count). The molecule has 1 heterocycles. The predicted octanol–water partition coefficient (Wildman–Crippen LogP) is 2.92. The van der Waals surface area contributed by atoms with Crippen LogP contribution in [0.3, 0.4) is 0 Å². The monoisotopic (exact) mass is 388 g/mol. The van der Waals surface area contributed by atoms with Gasteiger partial charge >= 0.3 is 0 Å². The number of ether oxygens (including phenoxy) is 1. The van der Waals surface area contributed by atoms with E-state index >= 15 is 0 Å². The fraction of sp³-hybridized carbons (Fsp3) is 0.130. The topological polar surface area (TPSA) is 78.9 Å². The zero-order chi connectivity index (χ0) is 20.4. The minimum atomic E-state index is -1.83. The van der Waals surface area contributed by atoms with Crippen molar-refractivity contribution in [2.45, 2.75) is 5.60 Å². The Labute approximate surface area is 168 Å². The second-order valence-electron chi connectivity index (χ2n) is 6.73. The van der Waals surface area contributed by atoms with Crippen molar-refractivity contribution in [3.63, 3.8) is 0 Å². The standard InChI is InChI=1S/C23H20N2O4/c1-29-20-14-8-6-12-18(20)24-21(26)15-25-19-13-7-5-11-17(19)23(28,22(25)27)16-9-3-2-4-10-16/h2-14,28H,15H2,1H3,(H,24,26)/t23-/m1/s1. The maximum atomic E-state index is 13.3. The Hall–Kier alpha value is -3.64. The highest BCUT2D eigenvalue weighted by Crippen LogP contribution is 2.44. The molecule has 1 atom stereocenters. The van der Waals surface area contributed by atoms with Crippen LogP contribution < -0.4 is 15.0 Å². The first kappa shape index (κ1) is 18.7. The van der Waals surface area contributed by atoms with Crippen LogP contribution in [-0.4, -0.2) is 30.6 Å². The number of amides is 2. The molecular formula is C23H20N2O4. The van der Waals surface area contributed by atoms with E-state index in [-0.39, 0.29) is 6.54 Å². The highest BCUT2D eigenvalue weighted by molar-refractivity contribution is 6.12. The van der Waals surface area contributed by atoms with E-state index in [2.05, 4.69) is 5.32 Å². The third-order valence-electron chi connectivity index (χ3n) is 5.01. The van der Waals surface area contributed by atoms with Gasteiger partial charge in [-0.05, 0) is 23.8 Å². The van der Waals surface area contributed by atoms with Gasteiger partial charge in [-0.3, -0.25) is 14.5 Å². The number of para-hydroxylation sites is 3. The largest absolute Gasteiger partial charge is 0.495 e. The van der Waals surface area contributed by atoms with Crippen molar-refractivity contribution < 1.29 is 19.4 Å².